The molecule has 0 bridgehead atoms. The highest BCUT2D eigenvalue weighted by molar-refractivity contribution is 6.35. The molecule has 22 heavy (non-hydrogen) atoms. The Morgan fingerprint density at radius 2 is 2.05 bits per heavy atom. The van der Waals surface area contributed by atoms with Gasteiger partial charge >= 0.3 is 0 Å². The number of nitrogens with zero attached hydrogens (tertiary/aromatic N) is 3. The van der Waals surface area contributed by atoms with Gasteiger partial charge in [0, 0.05) is 44.9 Å². The van der Waals surface area contributed by atoms with Crippen molar-refractivity contribution in [3.8, 4) is 0 Å². The van der Waals surface area contributed by atoms with Crippen molar-refractivity contribution >= 4 is 34.1 Å². The molecule has 1 aromatic carbocycles. The van der Waals surface area contributed by atoms with Gasteiger partial charge < -0.3 is 14.5 Å². The lowest BCUT2D eigenvalue weighted by Crippen LogP contribution is -2.49. The van der Waals surface area contributed by atoms with Crippen LogP contribution in [0.3, 0.4) is 0 Å². The van der Waals surface area contributed by atoms with Crippen molar-refractivity contribution in [2.75, 3.05) is 44.8 Å². The van der Waals surface area contributed by atoms with E-state index in [4.69, 9.17) is 16.3 Å². The van der Waals surface area contributed by atoms with Crippen LogP contribution in [0.1, 0.15) is 0 Å². The lowest BCUT2D eigenvalue weighted by atomic mass is 10.1. The number of carbonyl (C=O) groups is 1. The molecule has 1 aliphatic heterocycles. The highest BCUT2D eigenvalue weighted by Crippen LogP contribution is 2.30. The van der Waals surface area contributed by atoms with Crippen LogP contribution in [0.15, 0.2) is 30.5 Å². The lowest BCUT2D eigenvalue weighted by molar-refractivity contribution is -0.135. The van der Waals surface area contributed by atoms with E-state index in [1.807, 2.05) is 29.2 Å². The molecule has 0 atom stereocenters. The van der Waals surface area contributed by atoms with E-state index in [1.165, 1.54) is 0 Å². The fraction of sp³-hybridized carbons (Fsp3) is 0.375. The number of carbonyl (C=O) groups excluding carboxylic acids is 1. The minimum Gasteiger partial charge on any atom is -0.375 e. The van der Waals surface area contributed by atoms with Gasteiger partial charge in [-0.1, -0.05) is 11.6 Å². The number of rotatable bonds is 3. The molecule has 0 aliphatic carbocycles. The zero-order valence-electron chi connectivity index (χ0n) is 12.5. The Kier molecular flexibility index (Phi) is 4.45. The number of aromatic nitrogens is 1. The summed E-state index contributed by atoms with van der Waals surface area (Å²) < 4.78 is 4.91. The number of fused-ring (bicyclic) bond motifs is 1. The Balaban J connectivity index is 1.80. The summed E-state index contributed by atoms with van der Waals surface area (Å²) in [7, 11) is 1.54. The Morgan fingerprint density at radius 3 is 2.77 bits per heavy atom. The number of halogens is 1. The van der Waals surface area contributed by atoms with Crippen LogP contribution >= 0.6 is 11.6 Å². The minimum atomic E-state index is 0.0428. The molecule has 1 saturated heterocycles. The van der Waals surface area contributed by atoms with Gasteiger partial charge in [0.25, 0.3) is 0 Å². The number of hydrogen-bond donors (Lipinski definition) is 0. The molecule has 0 saturated carbocycles. The zero-order valence-corrected chi connectivity index (χ0v) is 13.2. The number of methoxy groups -OCH3 is 1. The molecule has 1 aliphatic rings. The third kappa shape index (κ3) is 2.87. The molecule has 2 aromatic rings. The van der Waals surface area contributed by atoms with E-state index in [1.54, 1.807) is 13.3 Å². The maximum atomic E-state index is 11.9. The van der Waals surface area contributed by atoms with Crippen molar-refractivity contribution < 1.29 is 9.53 Å². The number of piperazine rings is 1. The van der Waals surface area contributed by atoms with Gasteiger partial charge in [0.1, 0.15) is 6.61 Å². The molecule has 3 rings (SSSR count). The fourth-order valence-corrected chi connectivity index (χ4v) is 3.01. The maximum Gasteiger partial charge on any atom is 0.248 e. The topological polar surface area (TPSA) is 45.7 Å². The van der Waals surface area contributed by atoms with Crippen molar-refractivity contribution in [2.24, 2.45) is 0 Å². The first-order chi connectivity index (χ1) is 10.7. The van der Waals surface area contributed by atoms with Crippen LogP contribution in [0, 0.1) is 0 Å². The first-order valence-electron chi connectivity index (χ1n) is 7.25. The van der Waals surface area contributed by atoms with Crippen LogP contribution in [0.25, 0.3) is 10.9 Å². The average molecular weight is 320 g/mol. The number of benzene rings is 1. The normalized spacial score (nSPS) is 15.4. The van der Waals surface area contributed by atoms with Crippen LogP contribution in [0.4, 0.5) is 5.69 Å². The van der Waals surface area contributed by atoms with E-state index < -0.39 is 0 Å². The standard InChI is InChI=1S/C16H18ClN3O2/c1-22-11-15(21)20-9-7-19(8-10-20)14-5-4-13(17)12-3-2-6-18-16(12)14/h2-6H,7-11H2,1H3. The smallest absolute Gasteiger partial charge is 0.248 e. The predicted molar refractivity (Wildman–Crippen MR) is 87.4 cm³/mol. The Bertz CT molecular complexity index is 684. The number of ether oxygens (including phenoxy) is 1. The summed E-state index contributed by atoms with van der Waals surface area (Å²) in [4.78, 5) is 20.4. The van der Waals surface area contributed by atoms with Gasteiger partial charge in [-0.15, -0.1) is 0 Å². The summed E-state index contributed by atoms with van der Waals surface area (Å²) in [5.74, 6) is 0.0428. The molecular weight excluding hydrogens is 302 g/mol. The quantitative estimate of drug-likeness (QED) is 0.870. The van der Waals surface area contributed by atoms with E-state index in [-0.39, 0.29) is 12.5 Å². The van der Waals surface area contributed by atoms with E-state index in [0.29, 0.717) is 18.1 Å². The van der Waals surface area contributed by atoms with Crippen LogP contribution in [-0.2, 0) is 9.53 Å². The van der Waals surface area contributed by atoms with Crippen molar-refractivity contribution in [1.82, 2.24) is 9.88 Å². The summed E-state index contributed by atoms with van der Waals surface area (Å²) in [5, 5.41) is 1.67. The van der Waals surface area contributed by atoms with Gasteiger partial charge in [-0.05, 0) is 24.3 Å². The van der Waals surface area contributed by atoms with E-state index in [9.17, 15) is 4.79 Å². The molecule has 1 aromatic heterocycles. The first kappa shape index (κ1) is 15.1. The van der Waals surface area contributed by atoms with Gasteiger partial charge in [0.2, 0.25) is 5.91 Å². The second-order valence-electron chi connectivity index (χ2n) is 5.27. The molecular formula is C16H18ClN3O2. The SMILES string of the molecule is COCC(=O)N1CCN(c2ccc(Cl)c3cccnc23)CC1. The van der Waals surface area contributed by atoms with Gasteiger partial charge in [0.05, 0.1) is 16.2 Å². The summed E-state index contributed by atoms with van der Waals surface area (Å²) >= 11 is 6.24. The summed E-state index contributed by atoms with van der Waals surface area (Å²) in [6.45, 7) is 3.09. The number of anilines is 1. The average Bonchev–Trinajstić information content (AvgIpc) is 2.56. The first-order valence-corrected chi connectivity index (χ1v) is 7.63. The summed E-state index contributed by atoms with van der Waals surface area (Å²) in [6.07, 6.45) is 1.78. The molecule has 0 spiro atoms. The largest absolute Gasteiger partial charge is 0.375 e. The van der Waals surface area contributed by atoms with Gasteiger partial charge in [-0.25, -0.2) is 0 Å². The van der Waals surface area contributed by atoms with Crippen molar-refractivity contribution in [3.05, 3.63) is 35.5 Å². The van der Waals surface area contributed by atoms with Crippen molar-refractivity contribution in [2.45, 2.75) is 0 Å². The summed E-state index contributed by atoms with van der Waals surface area (Å²) in [6, 6.07) is 7.78. The van der Waals surface area contributed by atoms with Crippen LogP contribution in [0.2, 0.25) is 5.02 Å². The van der Waals surface area contributed by atoms with E-state index >= 15 is 0 Å². The molecule has 1 fully saturated rings. The molecule has 6 heteroatoms. The van der Waals surface area contributed by atoms with Gasteiger partial charge in [0.15, 0.2) is 0 Å². The van der Waals surface area contributed by atoms with Crippen LogP contribution < -0.4 is 4.90 Å². The molecule has 2 heterocycles. The third-order valence-electron chi connectivity index (χ3n) is 3.94. The number of amides is 1. The number of hydrogen-bond acceptors (Lipinski definition) is 4. The third-order valence-corrected chi connectivity index (χ3v) is 4.27. The monoisotopic (exact) mass is 319 g/mol. The highest BCUT2D eigenvalue weighted by Gasteiger charge is 2.22. The Labute approximate surface area is 134 Å². The van der Waals surface area contributed by atoms with Crippen LogP contribution in [0.5, 0.6) is 0 Å². The van der Waals surface area contributed by atoms with Gasteiger partial charge in [-0.2, -0.15) is 0 Å². The second kappa shape index (κ2) is 6.50. The fourth-order valence-electron chi connectivity index (χ4n) is 2.79. The second-order valence-corrected chi connectivity index (χ2v) is 5.67. The maximum absolute atomic E-state index is 11.9. The number of pyridine rings is 1. The summed E-state index contributed by atoms with van der Waals surface area (Å²) in [5.41, 5.74) is 1.98. The molecule has 0 radical (unpaired) electrons. The lowest BCUT2D eigenvalue weighted by Gasteiger charge is -2.36. The van der Waals surface area contributed by atoms with Crippen LogP contribution in [-0.4, -0.2) is 55.7 Å². The molecule has 116 valence electrons. The van der Waals surface area contributed by atoms with Gasteiger partial charge in [-0.3, -0.25) is 9.78 Å². The van der Waals surface area contributed by atoms with E-state index in [0.717, 1.165) is 29.7 Å². The molecule has 5 nitrogen and oxygen atoms in total. The predicted octanol–water partition coefficient (Wildman–Crippen LogP) is 2.18. The molecule has 0 unspecified atom stereocenters. The Hall–Kier alpha value is -1.85. The van der Waals surface area contributed by atoms with Crippen molar-refractivity contribution in [3.63, 3.8) is 0 Å². The zero-order chi connectivity index (χ0) is 15.5. The molecule has 0 N–H and O–H groups in total. The molecule has 1 amide bonds. The minimum absolute atomic E-state index is 0.0428. The Morgan fingerprint density at radius 1 is 1.27 bits per heavy atom. The highest BCUT2D eigenvalue weighted by atomic mass is 35.5. The van der Waals surface area contributed by atoms with E-state index in [2.05, 4.69) is 9.88 Å². The van der Waals surface area contributed by atoms with Crippen molar-refractivity contribution in [1.29, 1.82) is 0 Å².